The van der Waals surface area contributed by atoms with Crippen LogP contribution in [-0.2, 0) is 21.2 Å². The van der Waals surface area contributed by atoms with E-state index in [-0.39, 0.29) is 17.3 Å². The van der Waals surface area contributed by atoms with Crippen molar-refractivity contribution in [1.82, 2.24) is 5.32 Å². The summed E-state index contributed by atoms with van der Waals surface area (Å²) < 4.78 is 25.1. The molecule has 2 aromatic rings. The Hall–Kier alpha value is -1.76. The summed E-state index contributed by atoms with van der Waals surface area (Å²) >= 11 is 12.0. The summed E-state index contributed by atoms with van der Waals surface area (Å²) in [6, 6.07) is 14.4. The lowest BCUT2D eigenvalue weighted by molar-refractivity contribution is -0.119. The van der Waals surface area contributed by atoms with E-state index in [0.717, 1.165) is 23.4 Å². The van der Waals surface area contributed by atoms with Gasteiger partial charge in [-0.15, -0.1) is 0 Å². The molecule has 1 amide bonds. The number of sulfonamides is 1. The number of halogens is 2. The summed E-state index contributed by atoms with van der Waals surface area (Å²) in [5.41, 5.74) is 1.37. The van der Waals surface area contributed by atoms with Gasteiger partial charge in [0, 0.05) is 11.6 Å². The molecule has 0 heterocycles. The fraction of sp³-hybridized carbons (Fsp3) is 0.278. The molecule has 0 aromatic heterocycles. The van der Waals surface area contributed by atoms with Crippen molar-refractivity contribution in [2.45, 2.75) is 12.8 Å². The van der Waals surface area contributed by atoms with E-state index in [1.807, 2.05) is 30.3 Å². The van der Waals surface area contributed by atoms with Crippen LogP contribution in [0.1, 0.15) is 12.0 Å². The van der Waals surface area contributed by atoms with Crippen LogP contribution in [-0.4, -0.2) is 33.7 Å². The van der Waals surface area contributed by atoms with Crippen molar-refractivity contribution in [1.29, 1.82) is 0 Å². The van der Waals surface area contributed by atoms with E-state index >= 15 is 0 Å². The van der Waals surface area contributed by atoms with E-state index < -0.39 is 15.9 Å². The maximum Gasteiger partial charge on any atom is 0.240 e. The molecule has 1 N–H and O–H groups in total. The summed E-state index contributed by atoms with van der Waals surface area (Å²) in [6.07, 6.45) is 2.61. The fourth-order valence-corrected chi connectivity index (χ4v) is 3.71. The van der Waals surface area contributed by atoms with Gasteiger partial charge in [-0.25, -0.2) is 8.42 Å². The summed E-state index contributed by atoms with van der Waals surface area (Å²) in [5, 5.41) is 3.28. The minimum atomic E-state index is -3.70. The lowest BCUT2D eigenvalue weighted by Gasteiger charge is -2.23. The Morgan fingerprint density at radius 1 is 1.12 bits per heavy atom. The molecule has 26 heavy (non-hydrogen) atoms. The fourth-order valence-electron chi connectivity index (χ4n) is 2.41. The highest BCUT2D eigenvalue weighted by molar-refractivity contribution is 7.92. The Bertz CT molecular complexity index is 858. The highest BCUT2D eigenvalue weighted by atomic mass is 35.5. The Morgan fingerprint density at radius 2 is 1.81 bits per heavy atom. The SMILES string of the molecule is CS(=O)(=O)N(CC(=O)NCCCc1ccccc1)c1cc(Cl)ccc1Cl. The van der Waals surface area contributed by atoms with E-state index in [2.05, 4.69) is 5.32 Å². The maximum absolute atomic E-state index is 12.2. The zero-order valence-electron chi connectivity index (χ0n) is 14.3. The van der Waals surface area contributed by atoms with E-state index in [1.54, 1.807) is 6.07 Å². The molecule has 0 spiro atoms. The predicted molar refractivity (Wildman–Crippen MR) is 106 cm³/mol. The molecule has 8 heteroatoms. The minimum Gasteiger partial charge on any atom is -0.355 e. The molecule has 140 valence electrons. The first-order valence-electron chi connectivity index (χ1n) is 8.01. The zero-order valence-corrected chi connectivity index (χ0v) is 16.6. The van der Waals surface area contributed by atoms with E-state index in [0.29, 0.717) is 11.6 Å². The second-order valence-electron chi connectivity index (χ2n) is 5.80. The largest absolute Gasteiger partial charge is 0.355 e. The van der Waals surface area contributed by atoms with Gasteiger partial charge in [0.25, 0.3) is 0 Å². The average Bonchev–Trinajstić information content (AvgIpc) is 2.59. The summed E-state index contributed by atoms with van der Waals surface area (Å²) in [6.45, 7) is 0.0961. The number of amides is 1. The first-order valence-corrected chi connectivity index (χ1v) is 10.6. The number of rotatable bonds is 8. The number of carbonyl (C=O) groups is 1. The van der Waals surface area contributed by atoms with Crippen LogP contribution in [0.4, 0.5) is 5.69 Å². The number of anilines is 1. The van der Waals surface area contributed by atoms with Gasteiger partial charge in [0.05, 0.1) is 17.0 Å². The lowest BCUT2D eigenvalue weighted by atomic mass is 10.1. The second-order valence-corrected chi connectivity index (χ2v) is 8.55. The Morgan fingerprint density at radius 3 is 2.46 bits per heavy atom. The molecule has 0 fully saturated rings. The average molecular weight is 415 g/mol. The molecule has 2 rings (SSSR count). The van der Waals surface area contributed by atoms with Crippen LogP contribution in [0.3, 0.4) is 0 Å². The molecule has 0 aliphatic rings. The van der Waals surface area contributed by atoms with Crippen LogP contribution in [0.2, 0.25) is 10.0 Å². The number of carbonyl (C=O) groups excluding carboxylic acids is 1. The molecular weight excluding hydrogens is 395 g/mol. The van der Waals surface area contributed by atoms with Crippen LogP contribution < -0.4 is 9.62 Å². The normalized spacial score (nSPS) is 11.2. The van der Waals surface area contributed by atoms with Gasteiger partial charge in [-0.3, -0.25) is 9.10 Å². The van der Waals surface area contributed by atoms with Gasteiger partial charge < -0.3 is 5.32 Å². The standard InChI is InChI=1S/C18H20Cl2N2O3S/c1-26(24,25)22(17-12-15(19)9-10-16(17)20)13-18(23)21-11-5-8-14-6-3-2-4-7-14/h2-4,6-7,9-10,12H,5,8,11,13H2,1H3,(H,21,23). The van der Waals surface area contributed by atoms with Gasteiger partial charge in [0.2, 0.25) is 15.9 Å². The van der Waals surface area contributed by atoms with Crippen molar-refractivity contribution in [2.24, 2.45) is 0 Å². The first-order chi connectivity index (χ1) is 12.3. The van der Waals surface area contributed by atoms with Gasteiger partial charge in [0.15, 0.2) is 0 Å². The minimum absolute atomic E-state index is 0.182. The van der Waals surface area contributed by atoms with E-state index in [4.69, 9.17) is 23.2 Å². The number of benzene rings is 2. The van der Waals surface area contributed by atoms with Crippen LogP contribution in [0.25, 0.3) is 0 Å². The number of hydrogen-bond donors (Lipinski definition) is 1. The number of nitrogens with zero attached hydrogens (tertiary/aromatic N) is 1. The summed E-state index contributed by atoms with van der Waals surface area (Å²) in [4.78, 5) is 12.2. The highest BCUT2D eigenvalue weighted by Crippen LogP contribution is 2.30. The van der Waals surface area contributed by atoms with Crippen molar-refractivity contribution in [2.75, 3.05) is 23.7 Å². The van der Waals surface area contributed by atoms with E-state index in [1.165, 1.54) is 17.7 Å². The van der Waals surface area contributed by atoms with Crippen LogP contribution in [0.15, 0.2) is 48.5 Å². The molecule has 0 aliphatic carbocycles. The van der Waals surface area contributed by atoms with Crippen LogP contribution >= 0.6 is 23.2 Å². The molecule has 0 saturated carbocycles. The third kappa shape index (κ3) is 6.20. The number of hydrogen-bond acceptors (Lipinski definition) is 3. The third-order valence-electron chi connectivity index (χ3n) is 3.67. The molecule has 0 aliphatic heterocycles. The molecule has 0 bridgehead atoms. The van der Waals surface area contributed by atoms with Crippen molar-refractivity contribution in [3.8, 4) is 0 Å². The van der Waals surface area contributed by atoms with Gasteiger partial charge in [-0.2, -0.15) is 0 Å². The molecule has 5 nitrogen and oxygen atoms in total. The predicted octanol–water partition coefficient (Wildman–Crippen LogP) is 3.51. The topological polar surface area (TPSA) is 66.5 Å². The Labute approximate surface area is 164 Å². The summed E-state index contributed by atoms with van der Waals surface area (Å²) in [5.74, 6) is -0.403. The highest BCUT2D eigenvalue weighted by Gasteiger charge is 2.23. The number of aryl methyl sites for hydroxylation is 1. The third-order valence-corrected chi connectivity index (χ3v) is 5.35. The smallest absolute Gasteiger partial charge is 0.240 e. The van der Waals surface area contributed by atoms with Crippen molar-refractivity contribution in [3.05, 3.63) is 64.1 Å². The van der Waals surface area contributed by atoms with Crippen molar-refractivity contribution in [3.63, 3.8) is 0 Å². The monoisotopic (exact) mass is 414 g/mol. The molecule has 0 radical (unpaired) electrons. The summed E-state index contributed by atoms with van der Waals surface area (Å²) in [7, 11) is -3.70. The van der Waals surface area contributed by atoms with Crippen molar-refractivity contribution < 1.29 is 13.2 Å². The van der Waals surface area contributed by atoms with E-state index in [9.17, 15) is 13.2 Å². The molecule has 0 atom stereocenters. The Balaban J connectivity index is 1.96. The molecule has 2 aromatic carbocycles. The lowest BCUT2D eigenvalue weighted by Crippen LogP contribution is -2.40. The van der Waals surface area contributed by atoms with Gasteiger partial charge in [-0.05, 0) is 36.6 Å². The second kappa shape index (κ2) is 9.26. The van der Waals surface area contributed by atoms with Gasteiger partial charge >= 0.3 is 0 Å². The molecule has 0 unspecified atom stereocenters. The number of nitrogens with one attached hydrogen (secondary N) is 1. The van der Waals surface area contributed by atoms with Crippen molar-refractivity contribution >= 4 is 44.8 Å². The van der Waals surface area contributed by atoms with Crippen LogP contribution in [0.5, 0.6) is 0 Å². The van der Waals surface area contributed by atoms with Gasteiger partial charge in [0.1, 0.15) is 6.54 Å². The quantitative estimate of drug-likeness (QED) is 0.671. The first kappa shape index (κ1) is 20.6. The maximum atomic E-state index is 12.2. The molecular formula is C18H20Cl2N2O3S. The van der Waals surface area contributed by atoms with Gasteiger partial charge in [-0.1, -0.05) is 53.5 Å². The Kier molecular flexibility index (Phi) is 7.32. The molecule has 0 saturated heterocycles. The van der Waals surface area contributed by atoms with Crippen LogP contribution in [0, 0.1) is 0 Å². The zero-order chi connectivity index (χ0) is 19.2.